The van der Waals surface area contributed by atoms with Crippen LogP contribution in [0.4, 0.5) is 5.82 Å². The number of fused-ring (bicyclic) bond motifs is 1. The second kappa shape index (κ2) is 8.28. The van der Waals surface area contributed by atoms with Crippen molar-refractivity contribution in [3.63, 3.8) is 0 Å². The molecule has 1 aliphatic heterocycles. The largest absolute Gasteiger partial charge is 0.466 e. The van der Waals surface area contributed by atoms with Crippen LogP contribution in [0.25, 0.3) is 21.3 Å². The third kappa shape index (κ3) is 3.96. The monoisotopic (exact) mass is 429 g/mol. The second-order valence-electron chi connectivity index (χ2n) is 7.43. The summed E-state index contributed by atoms with van der Waals surface area (Å²) in [7, 11) is 0. The Labute approximate surface area is 179 Å². The number of hydrogen-bond acceptors (Lipinski definition) is 6. The van der Waals surface area contributed by atoms with Crippen LogP contribution in [0.2, 0.25) is 5.28 Å². The van der Waals surface area contributed by atoms with Crippen molar-refractivity contribution in [2.45, 2.75) is 33.6 Å². The Morgan fingerprint density at radius 2 is 2.03 bits per heavy atom. The minimum Gasteiger partial charge on any atom is -0.466 e. The zero-order valence-corrected chi connectivity index (χ0v) is 18.4. The molecule has 1 unspecified atom stereocenters. The Hall–Kier alpha value is -2.18. The van der Waals surface area contributed by atoms with E-state index in [1.165, 1.54) is 10.4 Å². The van der Waals surface area contributed by atoms with Gasteiger partial charge in [0.25, 0.3) is 0 Å². The van der Waals surface area contributed by atoms with Crippen LogP contribution >= 0.6 is 22.9 Å². The summed E-state index contributed by atoms with van der Waals surface area (Å²) in [6.07, 6.45) is 1.75. The number of anilines is 1. The van der Waals surface area contributed by atoms with Gasteiger partial charge in [0.05, 0.1) is 17.9 Å². The number of ether oxygens (including phenoxy) is 1. The van der Waals surface area contributed by atoms with Crippen molar-refractivity contribution in [3.05, 3.63) is 40.0 Å². The Balaban J connectivity index is 1.81. The summed E-state index contributed by atoms with van der Waals surface area (Å²) in [4.78, 5) is 25.7. The van der Waals surface area contributed by atoms with Crippen molar-refractivity contribution >= 4 is 44.9 Å². The fraction of sp³-hybridized carbons (Fsp3) is 0.409. The van der Waals surface area contributed by atoms with Crippen LogP contribution in [0.5, 0.6) is 0 Å². The van der Waals surface area contributed by atoms with Gasteiger partial charge >= 0.3 is 5.97 Å². The van der Waals surface area contributed by atoms with Crippen LogP contribution < -0.4 is 4.90 Å². The second-order valence-corrected chi connectivity index (χ2v) is 8.97. The quantitative estimate of drug-likeness (QED) is 0.410. The van der Waals surface area contributed by atoms with Crippen LogP contribution in [0.15, 0.2) is 24.3 Å². The summed E-state index contributed by atoms with van der Waals surface area (Å²) < 4.78 is 5.26. The van der Waals surface area contributed by atoms with Gasteiger partial charge < -0.3 is 9.64 Å². The van der Waals surface area contributed by atoms with Crippen LogP contribution in [0, 0.1) is 19.8 Å². The van der Waals surface area contributed by atoms with Crippen LogP contribution in [-0.4, -0.2) is 35.6 Å². The van der Waals surface area contributed by atoms with E-state index in [9.17, 15) is 4.79 Å². The zero-order valence-electron chi connectivity index (χ0n) is 16.9. The lowest BCUT2D eigenvalue weighted by atomic mass is 9.97. The third-order valence-electron chi connectivity index (χ3n) is 5.36. The number of esters is 1. The summed E-state index contributed by atoms with van der Waals surface area (Å²) in [6, 6.07) is 8.51. The first kappa shape index (κ1) is 20.1. The number of benzene rings is 1. The molecule has 0 bridgehead atoms. The molecular formula is C22H24ClN3O2S. The molecule has 0 radical (unpaired) electrons. The molecule has 2 aromatic heterocycles. The van der Waals surface area contributed by atoms with E-state index in [4.69, 9.17) is 16.3 Å². The molecule has 0 spiro atoms. The number of hydrogen-bond donors (Lipinski definition) is 0. The van der Waals surface area contributed by atoms with Crippen molar-refractivity contribution in [1.82, 2.24) is 9.97 Å². The molecule has 1 aromatic carbocycles. The number of aryl methyl sites for hydroxylation is 2. The van der Waals surface area contributed by atoms with Gasteiger partial charge in [-0.2, -0.15) is 4.98 Å². The number of aromatic nitrogens is 2. The Bertz CT molecular complexity index is 1050. The van der Waals surface area contributed by atoms with Crippen molar-refractivity contribution in [2.75, 3.05) is 24.6 Å². The predicted molar refractivity (Wildman–Crippen MR) is 119 cm³/mol. The summed E-state index contributed by atoms with van der Waals surface area (Å²) in [5, 5.41) is 1.26. The fourth-order valence-electron chi connectivity index (χ4n) is 3.99. The highest BCUT2D eigenvalue weighted by molar-refractivity contribution is 7.19. The van der Waals surface area contributed by atoms with Gasteiger partial charge in [0, 0.05) is 23.5 Å². The number of carbonyl (C=O) groups excluding carboxylic acids is 1. The van der Waals surface area contributed by atoms with Gasteiger partial charge in [0.15, 0.2) is 0 Å². The van der Waals surface area contributed by atoms with Crippen molar-refractivity contribution in [3.8, 4) is 11.1 Å². The van der Waals surface area contributed by atoms with Crippen LogP contribution in [0.3, 0.4) is 0 Å². The van der Waals surface area contributed by atoms with Crippen molar-refractivity contribution in [2.24, 2.45) is 5.92 Å². The normalized spacial score (nSPS) is 17.0. The lowest BCUT2D eigenvalue weighted by Crippen LogP contribution is -2.40. The molecule has 5 nitrogen and oxygen atoms in total. The minimum absolute atomic E-state index is 0.131. The van der Waals surface area contributed by atoms with E-state index >= 15 is 0 Å². The summed E-state index contributed by atoms with van der Waals surface area (Å²) in [5.74, 6) is 0.540. The molecule has 29 heavy (non-hydrogen) atoms. The summed E-state index contributed by atoms with van der Waals surface area (Å²) in [6.45, 7) is 7.86. The molecule has 1 atom stereocenters. The van der Waals surface area contributed by atoms with Crippen molar-refractivity contribution < 1.29 is 9.53 Å². The molecule has 1 fully saturated rings. The lowest BCUT2D eigenvalue weighted by molar-refractivity contribution is -0.148. The highest BCUT2D eigenvalue weighted by Crippen LogP contribution is 2.43. The maximum Gasteiger partial charge on any atom is 0.310 e. The van der Waals surface area contributed by atoms with Gasteiger partial charge in [-0.3, -0.25) is 4.79 Å². The van der Waals surface area contributed by atoms with E-state index < -0.39 is 0 Å². The van der Waals surface area contributed by atoms with Crippen molar-refractivity contribution in [1.29, 1.82) is 0 Å². The Kier molecular flexibility index (Phi) is 5.74. The number of thiophene rings is 1. The van der Waals surface area contributed by atoms with E-state index in [0.717, 1.165) is 46.5 Å². The van der Waals surface area contributed by atoms with Crippen LogP contribution in [0.1, 0.15) is 30.2 Å². The zero-order chi connectivity index (χ0) is 20.5. The number of rotatable bonds is 4. The highest BCUT2D eigenvalue weighted by atomic mass is 35.5. The molecule has 0 N–H and O–H groups in total. The molecule has 1 aliphatic rings. The summed E-state index contributed by atoms with van der Waals surface area (Å²) >= 11 is 7.92. The van der Waals surface area contributed by atoms with Gasteiger partial charge in [-0.15, -0.1) is 11.3 Å². The van der Waals surface area contributed by atoms with Gasteiger partial charge in [0.1, 0.15) is 10.6 Å². The molecule has 3 heterocycles. The van der Waals surface area contributed by atoms with E-state index in [1.54, 1.807) is 11.3 Å². The van der Waals surface area contributed by atoms with Gasteiger partial charge in [-0.05, 0) is 50.8 Å². The molecule has 0 aliphatic carbocycles. The van der Waals surface area contributed by atoms with E-state index in [0.29, 0.717) is 13.2 Å². The standard InChI is InChI=1S/C22H24ClN3O2S/c1-4-28-21(27)16-6-5-11-26(12-16)19-18-17(15-9-7-13(2)8-10-15)14(3)29-20(18)25-22(23)24-19/h7-10,16H,4-6,11-12H2,1-3H3. The number of piperidine rings is 1. The number of nitrogens with zero attached hydrogens (tertiary/aromatic N) is 3. The number of halogens is 1. The molecule has 0 saturated carbocycles. The average Bonchev–Trinajstić information content (AvgIpc) is 3.03. The predicted octanol–water partition coefficient (Wildman–Crippen LogP) is 5.41. The SMILES string of the molecule is CCOC(=O)C1CCCN(c2nc(Cl)nc3sc(C)c(-c4ccc(C)cc4)c23)C1. The Morgan fingerprint density at radius 3 is 2.76 bits per heavy atom. The maximum absolute atomic E-state index is 12.3. The van der Waals surface area contributed by atoms with Gasteiger partial charge in [0.2, 0.25) is 5.28 Å². The first-order valence-electron chi connectivity index (χ1n) is 9.93. The molecule has 7 heteroatoms. The van der Waals surface area contributed by atoms with E-state index in [1.807, 2.05) is 6.92 Å². The smallest absolute Gasteiger partial charge is 0.310 e. The van der Waals surface area contributed by atoms with E-state index in [-0.39, 0.29) is 17.2 Å². The molecule has 1 saturated heterocycles. The average molecular weight is 430 g/mol. The Morgan fingerprint density at radius 1 is 1.28 bits per heavy atom. The highest BCUT2D eigenvalue weighted by Gasteiger charge is 2.30. The number of carbonyl (C=O) groups is 1. The minimum atomic E-state index is -0.143. The molecule has 152 valence electrons. The topological polar surface area (TPSA) is 55.3 Å². The van der Waals surface area contributed by atoms with Gasteiger partial charge in [-0.1, -0.05) is 29.8 Å². The molecule has 0 amide bonds. The molecule has 4 rings (SSSR count). The first-order valence-corrected chi connectivity index (χ1v) is 11.1. The fourth-order valence-corrected chi connectivity index (χ4v) is 5.24. The van der Waals surface area contributed by atoms with E-state index in [2.05, 4.69) is 53.0 Å². The molecular weight excluding hydrogens is 406 g/mol. The molecule has 3 aromatic rings. The maximum atomic E-state index is 12.3. The van der Waals surface area contributed by atoms with Crippen LogP contribution in [-0.2, 0) is 9.53 Å². The summed E-state index contributed by atoms with van der Waals surface area (Å²) in [5.41, 5.74) is 3.51. The first-order chi connectivity index (χ1) is 14.0. The third-order valence-corrected chi connectivity index (χ3v) is 6.53. The lowest BCUT2D eigenvalue weighted by Gasteiger charge is -2.33. The van der Waals surface area contributed by atoms with Gasteiger partial charge in [-0.25, -0.2) is 4.98 Å².